The molecule has 2 rings (SSSR count). The van der Waals surface area contributed by atoms with Gasteiger partial charge in [0.25, 0.3) is 0 Å². The van der Waals surface area contributed by atoms with Gasteiger partial charge in [0.15, 0.2) is 0 Å². The molecule has 0 aliphatic rings. The number of hydrogen-bond acceptors (Lipinski definition) is 5. The number of nitrogens with one attached hydrogen (secondary N) is 1. The van der Waals surface area contributed by atoms with Crippen molar-refractivity contribution in [2.45, 2.75) is 26.4 Å². The summed E-state index contributed by atoms with van der Waals surface area (Å²) in [6, 6.07) is 1.75. The molecule has 0 aromatic carbocycles. The minimum absolute atomic E-state index is 0.00924. The molecular formula is C12H14N2O3S. The highest BCUT2D eigenvalue weighted by molar-refractivity contribution is 7.09. The van der Waals surface area contributed by atoms with Gasteiger partial charge >= 0.3 is 5.97 Å². The Balaban J connectivity index is 1.99. The molecule has 0 bridgehead atoms. The number of aromatic carboxylic acids is 1. The van der Waals surface area contributed by atoms with Gasteiger partial charge in [-0.2, -0.15) is 0 Å². The van der Waals surface area contributed by atoms with E-state index in [0.29, 0.717) is 12.1 Å². The van der Waals surface area contributed by atoms with E-state index in [-0.39, 0.29) is 11.8 Å². The summed E-state index contributed by atoms with van der Waals surface area (Å²) in [5, 5.41) is 15.1. The quantitative estimate of drug-likeness (QED) is 0.870. The zero-order chi connectivity index (χ0) is 13.1. The monoisotopic (exact) mass is 266 g/mol. The van der Waals surface area contributed by atoms with E-state index in [4.69, 9.17) is 9.52 Å². The van der Waals surface area contributed by atoms with Crippen molar-refractivity contribution in [1.82, 2.24) is 10.3 Å². The second kappa shape index (κ2) is 5.32. The van der Waals surface area contributed by atoms with Crippen molar-refractivity contribution >= 4 is 17.3 Å². The Kier molecular flexibility index (Phi) is 3.78. The molecule has 0 fully saturated rings. The highest BCUT2D eigenvalue weighted by atomic mass is 32.1. The smallest absolute Gasteiger partial charge is 0.372 e. The molecule has 2 N–H and O–H groups in total. The molecule has 0 aliphatic heterocycles. The van der Waals surface area contributed by atoms with E-state index in [1.165, 1.54) is 6.26 Å². The molecule has 0 saturated carbocycles. The minimum Gasteiger partial charge on any atom is -0.475 e. The number of rotatable bonds is 5. The Labute approximate surface area is 108 Å². The molecule has 1 unspecified atom stereocenters. The van der Waals surface area contributed by atoms with Crippen LogP contribution in [0.4, 0.5) is 0 Å². The Morgan fingerprint density at radius 3 is 3.06 bits per heavy atom. The predicted molar refractivity (Wildman–Crippen MR) is 67.8 cm³/mol. The molecule has 2 heterocycles. The van der Waals surface area contributed by atoms with Gasteiger partial charge in [0.05, 0.1) is 12.3 Å². The summed E-state index contributed by atoms with van der Waals surface area (Å²) in [7, 11) is 0. The normalized spacial score (nSPS) is 12.6. The van der Waals surface area contributed by atoms with E-state index in [2.05, 4.69) is 10.3 Å². The van der Waals surface area contributed by atoms with E-state index in [1.807, 2.05) is 19.2 Å². The number of aromatic nitrogens is 1. The number of aryl methyl sites for hydroxylation is 1. The number of carboxylic acid groups (broad SMARTS) is 1. The fraction of sp³-hybridized carbons (Fsp3) is 0.333. The van der Waals surface area contributed by atoms with Gasteiger partial charge in [-0.05, 0) is 19.9 Å². The molecule has 0 radical (unpaired) electrons. The molecule has 0 amide bonds. The summed E-state index contributed by atoms with van der Waals surface area (Å²) < 4.78 is 4.92. The lowest BCUT2D eigenvalue weighted by molar-refractivity contribution is 0.0660. The van der Waals surface area contributed by atoms with Crippen LogP contribution in [-0.2, 0) is 6.54 Å². The number of carboxylic acids is 1. The molecular weight excluding hydrogens is 252 g/mol. The van der Waals surface area contributed by atoms with Crippen molar-refractivity contribution < 1.29 is 14.3 Å². The van der Waals surface area contributed by atoms with Crippen LogP contribution in [0.3, 0.4) is 0 Å². The van der Waals surface area contributed by atoms with Crippen molar-refractivity contribution in [2.24, 2.45) is 0 Å². The van der Waals surface area contributed by atoms with Crippen LogP contribution >= 0.6 is 11.3 Å². The van der Waals surface area contributed by atoms with Gasteiger partial charge in [-0.1, -0.05) is 0 Å². The average molecular weight is 266 g/mol. The van der Waals surface area contributed by atoms with Gasteiger partial charge in [-0.3, -0.25) is 0 Å². The lowest BCUT2D eigenvalue weighted by Crippen LogP contribution is -2.19. The SMILES string of the molecule is Cc1csc(C(C)NCc2ccoc2C(=O)O)n1. The standard InChI is InChI=1S/C12H14N2O3S/c1-7-6-18-11(14-7)8(2)13-5-9-3-4-17-10(9)12(15)16/h3-4,6,8,13H,5H2,1-2H3,(H,15,16). The van der Waals surface area contributed by atoms with Gasteiger partial charge in [-0.25, -0.2) is 9.78 Å². The minimum atomic E-state index is -1.05. The summed E-state index contributed by atoms with van der Waals surface area (Å²) in [6.07, 6.45) is 1.39. The Morgan fingerprint density at radius 1 is 1.67 bits per heavy atom. The highest BCUT2D eigenvalue weighted by Gasteiger charge is 2.15. The summed E-state index contributed by atoms with van der Waals surface area (Å²) in [4.78, 5) is 15.3. The van der Waals surface area contributed by atoms with Crippen LogP contribution < -0.4 is 5.32 Å². The van der Waals surface area contributed by atoms with Gasteiger partial charge in [0, 0.05) is 23.2 Å². The molecule has 6 heteroatoms. The first-order valence-electron chi connectivity index (χ1n) is 5.53. The zero-order valence-corrected chi connectivity index (χ0v) is 11.0. The summed E-state index contributed by atoms with van der Waals surface area (Å²) in [6.45, 7) is 4.39. The summed E-state index contributed by atoms with van der Waals surface area (Å²) >= 11 is 1.59. The largest absolute Gasteiger partial charge is 0.475 e. The van der Waals surface area contributed by atoms with Gasteiger partial charge < -0.3 is 14.8 Å². The van der Waals surface area contributed by atoms with Gasteiger partial charge in [0.2, 0.25) is 5.76 Å². The molecule has 1 atom stereocenters. The summed E-state index contributed by atoms with van der Waals surface area (Å²) in [5.41, 5.74) is 1.64. The lowest BCUT2D eigenvalue weighted by atomic mass is 10.2. The topological polar surface area (TPSA) is 75.4 Å². The first-order valence-corrected chi connectivity index (χ1v) is 6.41. The predicted octanol–water partition coefficient (Wildman–Crippen LogP) is 2.59. The van der Waals surface area contributed by atoms with E-state index < -0.39 is 5.97 Å². The lowest BCUT2D eigenvalue weighted by Gasteiger charge is -2.10. The maximum atomic E-state index is 10.9. The van der Waals surface area contributed by atoms with Crippen molar-refractivity contribution in [2.75, 3.05) is 0 Å². The van der Waals surface area contributed by atoms with E-state index in [9.17, 15) is 4.79 Å². The average Bonchev–Trinajstić information content (AvgIpc) is 2.94. The van der Waals surface area contributed by atoms with Crippen molar-refractivity contribution in [3.8, 4) is 0 Å². The molecule has 18 heavy (non-hydrogen) atoms. The third kappa shape index (κ3) is 2.77. The number of hydrogen-bond donors (Lipinski definition) is 2. The van der Waals surface area contributed by atoms with E-state index in [0.717, 1.165) is 10.7 Å². The van der Waals surface area contributed by atoms with E-state index in [1.54, 1.807) is 17.4 Å². The third-order valence-corrected chi connectivity index (χ3v) is 3.69. The number of thiazole rings is 1. The Bertz CT molecular complexity index is 547. The van der Waals surface area contributed by atoms with Crippen LogP contribution in [0.2, 0.25) is 0 Å². The second-order valence-corrected chi connectivity index (χ2v) is 4.90. The fourth-order valence-electron chi connectivity index (χ4n) is 1.58. The first kappa shape index (κ1) is 12.8. The number of furan rings is 1. The summed E-state index contributed by atoms with van der Waals surface area (Å²) in [5.74, 6) is -1.06. The molecule has 0 saturated heterocycles. The molecule has 2 aromatic rings. The van der Waals surface area contributed by atoms with Crippen LogP contribution in [0, 0.1) is 6.92 Å². The molecule has 5 nitrogen and oxygen atoms in total. The molecule has 96 valence electrons. The zero-order valence-electron chi connectivity index (χ0n) is 10.1. The number of carbonyl (C=O) groups is 1. The second-order valence-electron chi connectivity index (χ2n) is 4.01. The van der Waals surface area contributed by atoms with Crippen molar-refractivity contribution in [1.29, 1.82) is 0 Å². The molecule has 2 aromatic heterocycles. The maximum absolute atomic E-state index is 10.9. The highest BCUT2D eigenvalue weighted by Crippen LogP contribution is 2.18. The van der Waals surface area contributed by atoms with Crippen LogP contribution in [0.25, 0.3) is 0 Å². The fourth-order valence-corrected chi connectivity index (χ4v) is 2.41. The Morgan fingerprint density at radius 2 is 2.44 bits per heavy atom. The molecule has 0 spiro atoms. The van der Waals surface area contributed by atoms with Crippen LogP contribution in [0.1, 0.15) is 39.8 Å². The van der Waals surface area contributed by atoms with Crippen LogP contribution in [0.15, 0.2) is 22.1 Å². The van der Waals surface area contributed by atoms with Crippen LogP contribution in [0.5, 0.6) is 0 Å². The first-order chi connectivity index (χ1) is 8.58. The number of nitrogens with zero attached hydrogens (tertiary/aromatic N) is 1. The maximum Gasteiger partial charge on any atom is 0.372 e. The van der Waals surface area contributed by atoms with E-state index >= 15 is 0 Å². The third-order valence-electron chi connectivity index (χ3n) is 2.55. The van der Waals surface area contributed by atoms with Crippen molar-refractivity contribution in [3.63, 3.8) is 0 Å². The van der Waals surface area contributed by atoms with Gasteiger partial charge in [-0.15, -0.1) is 11.3 Å². The van der Waals surface area contributed by atoms with Gasteiger partial charge in [0.1, 0.15) is 5.01 Å². The Hall–Kier alpha value is -1.66. The molecule has 0 aliphatic carbocycles. The van der Waals surface area contributed by atoms with Crippen molar-refractivity contribution in [3.05, 3.63) is 39.7 Å². The van der Waals surface area contributed by atoms with Crippen LogP contribution in [-0.4, -0.2) is 16.1 Å².